The van der Waals surface area contributed by atoms with E-state index in [1.807, 2.05) is 24.5 Å². The Kier molecular flexibility index (Phi) is 5.21. The number of hydrogen-bond donors (Lipinski definition) is 1. The number of aryl methyl sites for hydroxylation is 1. The summed E-state index contributed by atoms with van der Waals surface area (Å²) < 4.78 is 2.16. The maximum absolute atomic E-state index is 6.14. The Balaban J connectivity index is 2.36. The summed E-state index contributed by atoms with van der Waals surface area (Å²) in [5, 5.41) is 4.22. The SMILES string of the molecule is CCCc1nccn1-c1ccc(Cl)cc1CNC(C)C. The van der Waals surface area contributed by atoms with Gasteiger partial charge in [-0.05, 0) is 30.2 Å². The zero-order valence-electron chi connectivity index (χ0n) is 12.4. The molecule has 0 spiro atoms. The van der Waals surface area contributed by atoms with Crippen molar-refractivity contribution < 1.29 is 0 Å². The molecule has 0 radical (unpaired) electrons. The van der Waals surface area contributed by atoms with Crippen molar-refractivity contribution in [2.75, 3.05) is 0 Å². The van der Waals surface area contributed by atoms with Crippen LogP contribution in [0.15, 0.2) is 30.6 Å². The Morgan fingerprint density at radius 1 is 1.35 bits per heavy atom. The van der Waals surface area contributed by atoms with E-state index in [9.17, 15) is 0 Å². The molecule has 1 aromatic carbocycles. The highest BCUT2D eigenvalue weighted by atomic mass is 35.5. The van der Waals surface area contributed by atoms with Crippen molar-refractivity contribution in [2.24, 2.45) is 0 Å². The van der Waals surface area contributed by atoms with E-state index in [1.165, 1.54) is 5.56 Å². The third-order valence-electron chi connectivity index (χ3n) is 3.19. The van der Waals surface area contributed by atoms with Crippen LogP contribution >= 0.6 is 11.6 Å². The fraction of sp³-hybridized carbons (Fsp3) is 0.438. The largest absolute Gasteiger partial charge is 0.310 e. The molecule has 0 saturated carbocycles. The van der Waals surface area contributed by atoms with Gasteiger partial charge in [0.2, 0.25) is 0 Å². The molecule has 0 bridgehead atoms. The lowest BCUT2D eigenvalue weighted by Crippen LogP contribution is -2.22. The van der Waals surface area contributed by atoms with Gasteiger partial charge in [0.05, 0.1) is 5.69 Å². The van der Waals surface area contributed by atoms with Crippen LogP contribution in [0.1, 0.15) is 38.6 Å². The molecular weight excluding hydrogens is 270 g/mol. The molecule has 1 N–H and O–H groups in total. The highest BCUT2D eigenvalue weighted by Gasteiger charge is 2.10. The summed E-state index contributed by atoms with van der Waals surface area (Å²) in [6, 6.07) is 6.48. The smallest absolute Gasteiger partial charge is 0.113 e. The van der Waals surface area contributed by atoms with E-state index in [2.05, 4.69) is 41.7 Å². The number of nitrogens with one attached hydrogen (secondary N) is 1. The number of benzene rings is 1. The van der Waals surface area contributed by atoms with Crippen molar-refractivity contribution in [1.29, 1.82) is 0 Å². The minimum atomic E-state index is 0.444. The van der Waals surface area contributed by atoms with Gasteiger partial charge in [-0.1, -0.05) is 32.4 Å². The number of rotatable bonds is 6. The topological polar surface area (TPSA) is 29.9 Å². The molecule has 0 aliphatic rings. The molecular formula is C16H22ClN3. The Labute approximate surface area is 126 Å². The van der Waals surface area contributed by atoms with Crippen molar-refractivity contribution in [3.63, 3.8) is 0 Å². The summed E-state index contributed by atoms with van der Waals surface area (Å²) >= 11 is 6.14. The molecule has 108 valence electrons. The lowest BCUT2D eigenvalue weighted by Gasteiger charge is -2.15. The highest BCUT2D eigenvalue weighted by Crippen LogP contribution is 2.21. The highest BCUT2D eigenvalue weighted by molar-refractivity contribution is 6.30. The maximum atomic E-state index is 6.14. The number of imidazole rings is 1. The molecule has 20 heavy (non-hydrogen) atoms. The van der Waals surface area contributed by atoms with Crippen molar-refractivity contribution in [3.05, 3.63) is 47.0 Å². The number of aromatic nitrogens is 2. The molecule has 0 aliphatic heterocycles. The van der Waals surface area contributed by atoms with Crippen LogP contribution in [0, 0.1) is 0 Å². The third-order valence-corrected chi connectivity index (χ3v) is 3.43. The second kappa shape index (κ2) is 6.91. The number of nitrogens with zero attached hydrogens (tertiary/aromatic N) is 2. The van der Waals surface area contributed by atoms with Crippen molar-refractivity contribution >= 4 is 11.6 Å². The van der Waals surface area contributed by atoms with Crippen molar-refractivity contribution in [1.82, 2.24) is 14.9 Å². The summed E-state index contributed by atoms with van der Waals surface area (Å²) in [5.41, 5.74) is 2.35. The Bertz CT molecular complexity index is 561. The predicted molar refractivity (Wildman–Crippen MR) is 84.5 cm³/mol. The van der Waals surface area contributed by atoms with E-state index in [-0.39, 0.29) is 0 Å². The van der Waals surface area contributed by atoms with E-state index in [0.29, 0.717) is 6.04 Å². The van der Waals surface area contributed by atoms with Gasteiger partial charge in [0, 0.05) is 36.4 Å². The van der Waals surface area contributed by atoms with Crippen LogP contribution in [-0.2, 0) is 13.0 Å². The molecule has 2 aromatic rings. The summed E-state index contributed by atoms with van der Waals surface area (Å²) in [4.78, 5) is 4.45. The van der Waals surface area contributed by atoms with Gasteiger partial charge >= 0.3 is 0 Å². The van der Waals surface area contributed by atoms with E-state index in [1.54, 1.807) is 0 Å². The van der Waals surface area contributed by atoms with Crippen LogP contribution in [0.5, 0.6) is 0 Å². The Hall–Kier alpha value is -1.32. The first-order valence-electron chi connectivity index (χ1n) is 7.16. The zero-order chi connectivity index (χ0) is 14.5. The first-order valence-corrected chi connectivity index (χ1v) is 7.54. The van der Waals surface area contributed by atoms with E-state index >= 15 is 0 Å². The molecule has 1 aromatic heterocycles. The summed E-state index contributed by atoms with van der Waals surface area (Å²) in [6.07, 6.45) is 5.95. The molecule has 0 saturated heterocycles. The van der Waals surface area contributed by atoms with Gasteiger partial charge < -0.3 is 9.88 Å². The number of halogens is 1. The molecule has 0 unspecified atom stereocenters. The maximum Gasteiger partial charge on any atom is 0.113 e. The van der Waals surface area contributed by atoms with Crippen LogP contribution < -0.4 is 5.32 Å². The fourth-order valence-corrected chi connectivity index (χ4v) is 2.40. The quantitative estimate of drug-likeness (QED) is 0.872. The van der Waals surface area contributed by atoms with Crippen LogP contribution in [0.4, 0.5) is 0 Å². The summed E-state index contributed by atoms with van der Waals surface area (Å²) in [7, 11) is 0. The fourth-order valence-electron chi connectivity index (χ4n) is 2.21. The lowest BCUT2D eigenvalue weighted by atomic mass is 10.1. The molecule has 3 nitrogen and oxygen atoms in total. The normalized spacial score (nSPS) is 11.2. The summed E-state index contributed by atoms with van der Waals surface area (Å²) in [6.45, 7) is 7.26. The van der Waals surface area contributed by atoms with Crippen LogP contribution in [-0.4, -0.2) is 15.6 Å². The van der Waals surface area contributed by atoms with Gasteiger partial charge in [0.25, 0.3) is 0 Å². The van der Waals surface area contributed by atoms with E-state index < -0.39 is 0 Å². The molecule has 4 heteroatoms. The van der Waals surface area contributed by atoms with Crippen molar-refractivity contribution in [2.45, 2.75) is 46.2 Å². The molecule has 1 heterocycles. The van der Waals surface area contributed by atoms with Gasteiger partial charge in [-0.2, -0.15) is 0 Å². The summed E-state index contributed by atoms with van der Waals surface area (Å²) in [5.74, 6) is 1.10. The van der Waals surface area contributed by atoms with Gasteiger partial charge in [0.1, 0.15) is 5.82 Å². The standard InChI is InChI=1S/C16H22ClN3/c1-4-5-16-18-8-9-20(16)15-7-6-14(17)10-13(15)11-19-12(2)3/h6-10,12,19H,4-5,11H2,1-3H3. The average Bonchev–Trinajstić information content (AvgIpc) is 2.85. The van der Waals surface area contributed by atoms with Crippen LogP contribution in [0.2, 0.25) is 5.02 Å². The first kappa shape index (κ1) is 15.1. The van der Waals surface area contributed by atoms with Crippen LogP contribution in [0.25, 0.3) is 5.69 Å². The van der Waals surface area contributed by atoms with Gasteiger partial charge in [-0.3, -0.25) is 0 Å². The van der Waals surface area contributed by atoms with Crippen LogP contribution in [0.3, 0.4) is 0 Å². The molecule has 0 fully saturated rings. The minimum absolute atomic E-state index is 0.444. The zero-order valence-corrected chi connectivity index (χ0v) is 13.1. The second-order valence-electron chi connectivity index (χ2n) is 5.27. The Morgan fingerprint density at radius 3 is 2.85 bits per heavy atom. The lowest BCUT2D eigenvalue weighted by molar-refractivity contribution is 0.587. The first-order chi connectivity index (χ1) is 9.61. The number of hydrogen-bond acceptors (Lipinski definition) is 2. The van der Waals surface area contributed by atoms with E-state index in [4.69, 9.17) is 11.6 Å². The monoisotopic (exact) mass is 291 g/mol. The van der Waals surface area contributed by atoms with Gasteiger partial charge in [-0.25, -0.2) is 4.98 Å². The average molecular weight is 292 g/mol. The molecule has 0 amide bonds. The van der Waals surface area contributed by atoms with Gasteiger partial charge in [-0.15, -0.1) is 0 Å². The predicted octanol–water partition coefficient (Wildman–Crippen LogP) is 3.98. The third kappa shape index (κ3) is 3.62. The van der Waals surface area contributed by atoms with Gasteiger partial charge in [0.15, 0.2) is 0 Å². The van der Waals surface area contributed by atoms with Crippen molar-refractivity contribution in [3.8, 4) is 5.69 Å². The minimum Gasteiger partial charge on any atom is -0.310 e. The molecule has 0 atom stereocenters. The van der Waals surface area contributed by atoms with E-state index in [0.717, 1.165) is 35.9 Å². The Morgan fingerprint density at radius 2 is 2.15 bits per heavy atom. The molecule has 2 rings (SSSR count). The second-order valence-corrected chi connectivity index (χ2v) is 5.71. The molecule has 0 aliphatic carbocycles.